The maximum absolute atomic E-state index is 10.8. The number of esters is 1. The van der Waals surface area contributed by atoms with Crippen LogP contribution in [0.5, 0.6) is 0 Å². The highest BCUT2D eigenvalue weighted by Crippen LogP contribution is 2.06. The van der Waals surface area contributed by atoms with Gasteiger partial charge in [0, 0.05) is 6.08 Å². The van der Waals surface area contributed by atoms with E-state index in [1.54, 1.807) is 6.08 Å². The molecule has 0 atom stereocenters. The second-order valence-corrected chi connectivity index (χ2v) is 3.16. The summed E-state index contributed by atoms with van der Waals surface area (Å²) in [5.41, 5.74) is 2.12. The van der Waals surface area contributed by atoms with Crippen molar-refractivity contribution in [2.45, 2.75) is 6.92 Å². The summed E-state index contributed by atoms with van der Waals surface area (Å²) in [5.74, 6) is -0.337. The van der Waals surface area contributed by atoms with Gasteiger partial charge < -0.3 is 4.74 Å². The van der Waals surface area contributed by atoms with E-state index in [4.69, 9.17) is 0 Å². The standard InChI is InChI=1S/C13H14O2/c1-11(8-9-13(14)15-2)10-12-6-4-3-5-7-12/h3-10H,1-2H3/b9-8+,11-10+. The molecule has 0 fully saturated rings. The topological polar surface area (TPSA) is 26.3 Å². The first-order valence-electron chi connectivity index (χ1n) is 4.72. The molecule has 0 amide bonds. The Hall–Kier alpha value is -1.83. The third-order valence-corrected chi connectivity index (χ3v) is 1.88. The van der Waals surface area contributed by atoms with Crippen LogP contribution in [0.25, 0.3) is 6.08 Å². The Labute approximate surface area is 89.9 Å². The quantitative estimate of drug-likeness (QED) is 0.428. The van der Waals surface area contributed by atoms with Crippen LogP contribution >= 0.6 is 0 Å². The molecule has 1 aromatic carbocycles. The third-order valence-electron chi connectivity index (χ3n) is 1.88. The van der Waals surface area contributed by atoms with Gasteiger partial charge in [0.25, 0.3) is 0 Å². The average molecular weight is 202 g/mol. The lowest BCUT2D eigenvalue weighted by Crippen LogP contribution is -1.93. The van der Waals surface area contributed by atoms with Crippen molar-refractivity contribution in [3.63, 3.8) is 0 Å². The largest absolute Gasteiger partial charge is 0.466 e. The smallest absolute Gasteiger partial charge is 0.330 e. The number of hydrogen-bond donors (Lipinski definition) is 0. The van der Waals surface area contributed by atoms with Gasteiger partial charge >= 0.3 is 5.97 Å². The Morgan fingerprint density at radius 3 is 2.47 bits per heavy atom. The predicted octanol–water partition coefficient (Wildman–Crippen LogP) is 2.82. The minimum Gasteiger partial charge on any atom is -0.466 e. The van der Waals surface area contributed by atoms with Crippen LogP contribution in [0.2, 0.25) is 0 Å². The number of hydrogen-bond acceptors (Lipinski definition) is 2. The minimum atomic E-state index is -0.337. The molecule has 0 aliphatic rings. The van der Waals surface area contributed by atoms with Gasteiger partial charge in [-0.15, -0.1) is 0 Å². The third kappa shape index (κ3) is 4.27. The summed E-state index contributed by atoms with van der Waals surface area (Å²) in [5, 5.41) is 0. The highest BCUT2D eigenvalue weighted by molar-refractivity contribution is 5.82. The molecule has 1 aromatic rings. The molecule has 0 saturated carbocycles. The van der Waals surface area contributed by atoms with Crippen molar-refractivity contribution >= 4 is 12.0 Å². The summed E-state index contributed by atoms with van der Waals surface area (Å²) in [7, 11) is 1.36. The molecule has 0 unspecified atom stereocenters. The Morgan fingerprint density at radius 2 is 1.87 bits per heavy atom. The molecule has 1 rings (SSSR count). The van der Waals surface area contributed by atoms with Crippen LogP contribution in [0.4, 0.5) is 0 Å². The fourth-order valence-electron chi connectivity index (χ4n) is 1.13. The first kappa shape index (κ1) is 11.2. The molecule has 0 heterocycles. The Balaban J connectivity index is 2.69. The molecule has 0 aromatic heterocycles. The molecule has 78 valence electrons. The highest BCUT2D eigenvalue weighted by Gasteiger charge is 1.91. The van der Waals surface area contributed by atoms with E-state index in [0.717, 1.165) is 11.1 Å². The molecule has 0 radical (unpaired) electrons. The zero-order valence-electron chi connectivity index (χ0n) is 8.94. The number of methoxy groups -OCH3 is 1. The molecule has 0 spiro atoms. The molecule has 0 bridgehead atoms. The molecule has 0 aliphatic carbocycles. The van der Waals surface area contributed by atoms with Crippen molar-refractivity contribution in [2.75, 3.05) is 7.11 Å². The summed E-state index contributed by atoms with van der Waals surface area (Å²) >= 11 is 0. The van der Waals surface area contributed by atoms with E-state index in [0.29, 0.717) is 0 Å². The molecule has 0 aliphatic heterocycles. The number of carbonyl (C=O) groups excluding carboxylic acids is 1. The first-order valence-corrected chi connectivity index (χ1v) is 4.72. The monoisotopic (exact) mass is 202 g/mol. The number of rotatable bonds is 3. The van der Waals surface area contributed by atoms with Gasteiger partial charge in [0.05, 0.1) is 7.11 Å². The van der Waals surface area contributed by atoms with Crippen molar-refractivity contribution in [1.29, 1.82) is 0 Å². The molecular weight excluding hydrogens is 188 g/mol. The van der Waals surface area contributed by atoms with Gasteiger partial charge in [-0.2, -0.15) is 0 Å². The summed E-state index contributed by atoms with van der Waals surface area (Å²) in [4.78, 5) is 10.8. The Bertz CT molecular complexity index is 375. The van der Waals surface area contributed by atoms with Gasteiger partial charge in [0.15, 0.2) is 0 Å². The summed E-state index contributed by atoms with van der Waals surface area (Å²) in [6.07, 6.45) is 5.15. The van der Waals surface area contributed by atoms with Crippen LogP contribution in [-0.2, 0) is 9.53 Å². The van der Waals surface area contributed by atoms with Gasteiger partial charge in [-0.3, -0.25) is 0 Å². The first-order chi connectivity index (χ1) is 7.22. The van der Waals surface area contributed by atoms with Crippen LogP contribution in [0.1, 0.15) is 12.5 Å². The van der Waals surface area contributed by atoms with Crippen LogP contribution in [0, 0.1) is 0 Å². The molecule has 2 nitrogen and oxygen atoms in total. The predicted molar refractivity (Wildman–Crippen MR) is 61.2 cm³/mol. The van der Waals surface area contributed by atoms with E-state index >= 15 is 0 Å². The SMILES string of the molecule is COC(=O)/C=C/C(C)=C/c1ccccc1. The Morgan fingerprint density at radius 1 is 1.20 bits per heavy atom. The number of carbonyl (C=O) groups is 1. The van der Waals surface area contributed by atoms with Gasteiger partial charge in [-0.05, 0) is 12.5 Å². The van der Waals surface area contributed by atoms with Gasteiger partial charge in [0.1, 0.15) is 0 Å². The normalized spacial score (nSPS) is 11.7. The van der Waals surface area contributed by atoms with Crippen molar-refractivity contribution in [2.24, 2.45) is 0 Å². The molecule has 15 heavy (non-hydrogen) atoms. The summed E-state index contributed by atoms with van der Waals surface area (Å²) in [6.45, 7) is 1.94. The van der Waals surface area contributed by atoms with Crippen LogP contribution in [0.15, 0.2) is 48.1 Å². The second kappa shape index (κ2) is 5.81. The average Bonchev–Trinajstić information content (AvgIpc) is 2.27. The number of ether oxygens (including phenoxy) is 1. The van der Waals surface area contributed by atoms with Gasteiger partial charge in [-0.25, -0.2) is 4.79 Å². The lowest BCUT2D eigenvalue weighted by Gasteiger charge is -1.94. The van der Waals surface area contributed by atoms with Crippen molar-refractivity contribution in [3.05, 3.63) is 53.6 Å². The zero-order valence-corrected chi connectivity index (χ0v) is 8.94. The Kier molecular flexibility index (Phi) is 4.35. The highest BCUT2D eigenvalue weighted by atomic mass is 16.5. The van der Waals surface area contributed by atoms with Crippen molar-refractivity contribution in [1.82, 2.24) is 0 Å². The van der Waals surface area contributed by atoms with Crippen LogP contribution in [0.3, 0.4) is 0 Å². The maximum atomic E-state index is 10.8. The fraction of sp³-hybridized carbons (Fsp3) is 0.154. The van der Waals surface area contributed by atoms with E-state index in [-0.39, 0.29) is 5.97 Å². The number of benzene rings is 1. The van der Waals surface area contributed by atoms with E-state index in [9.17, 15) is 4.79 Å². The van der Waals surface area contributed by atoms with Gasteiger partial charge in [0.2, 0.25) is 0 Å². The lowest BCUT2D eigenvalue weighted by molar-refractivity contribution is -0.134. The maximum Gasteiger partial charge on any atom is 0.330 e. The van der Waals surface area contributed by atoms with Crippen LogP contribution in [-0.4, -0.2) is 13.1 Å². The van der Waals surface area contributed by atoms with E-state index in [1.807, 2.05) is 43.3 Å². The minimum absolute atomic E-state index is 0.337. The molecule has 2 heteroatoms. The zero-order chi connectivity index (χ0) is 11.1. The van der Waals surface area contributed by atoms with Crippen molar-refractivity contribution < 1.29 is 9.53 Å². The van der Waals surface area contributed by atoms with Crippen molar-refractivity contribution in [3.8, 4) is 0 Å². The fourth-order valence-corrected chi connectivity index (χ4v) is 1.13. The lowest BCUT2D eigenvalue weighted by atomic mass is 10.1. The summed E-state index contributed by atoms with van der Waals surface area (Å²) in [6, 6.07) is 9.94. The molecule has 0 saturated heterocycles. The number of allylic oxidation sites excluding steroid dienone is 2. The molecular formula is C13H14O2. The van der Waals surface area contributed by atoms with Crippen LogP contribution < -0.4 is 0 Å². The van der Waals surface area contributed by atoms with E-state index in [2.05, 4.69) is 4.74 Å². The summed E-state index contributed by atoms with van der Waals surface area (Å²) < 4.78 is 4.50. The van der Waals surface area contributed by atoms with Gasteiger partial charge in [-0.1, -0.05) is 48.1 Å². The van der Waals surface area contributed by atoms with E-state index in [1.165, 1.54) is 13.2 Å². The molecule has 0 N–H and O–H groups in total. The van der Waals surface area contributed by atoms with E-state index < -0.39 is 0 Å². The second-order valence-electron chi connectivity index (χ2n) is 3.16.